The zero-order valence-corrected chi connectivity index (χ0v) is 12.0. The first-order valence-electron chi connectivity index (χ1n) is 6.30. The highest BCUT2D eigenvalue weighted by Crippen LogP contribution is 2.32. The Hall–Kier alpha value is -2.40. The lowest BCUT2D eigenvalue weighted by Crippen LogP contribution is -1.92. The van der Waals surface area contributed by atoms with Crippen LogP contribution in [0.25, 0.3) is 11.5 Å². The molecule has 2 aromatic heterocycles. The van der Waals surface area contributed by atoms with E-state index in [1.165, 1.54) is 0 Å². The first kappa shape index (κ1) is 13.6. The minimum Gasteiger partial charge on any atom is -0.494 e. The summed E-state index contributed by atoms with van der Waals surface area (Å²) in [6.07, 6.45) is 3.23. The third kappa shape index (κ3) is 2.73. The van der Waals surface area contributed by atoms with Crippen LogP contribution < -0.4 is 4.74 Å². The topological polar surface area (TPSA) is 61.0 Å². The summed E-state index contributed by atoms with van der Waals surface area (Å²) in [7, 11) is 1.56. The molecule has 0 spiro atoms. The quantitative estimate of drug-likeness (QED) is 0.691. The van der Waals surface area contributed by atoms with Crippen LogP contribution >= 0.6 is 11.6 Å². The molecule has 106 valence electrons. The summed E-state index contributed by atoms with van der Waals surface area (Å²) in [6, 6.07) is 11.3. The number of benzene rings is 1. The fourth-order valence-electron chi connectivity index (χ4n) is 1.93. The molecule has 3 aromatic rings. The Labute approximate surface area is 126 Å². The zero-order valence-electron chi connectivity index (χ0n) is 11.2. The van der Waals surface area contributed by atoms with E-state index in [0.717, 1.165) is 5.56 Å². The molecule has 0 saturated carbocycles. The van der Waals surface area contributed by atoms with Gasteiger partial charge in [-0.15, -0.1) is 21.8 Å². The van der Waals surface area contributed by atoms with E-state index in [2.05, 4.69) is 15.2 Å². The van der Waals surface area contributed by atoms with Gasteiger partial charge in [-0.1, -0.05) is 30.3 Å². The monoisotopic (exact) mass is 301 g/mol. The highest BCUT2D eigenvalue weighted by atomic mass is 35.5. The predicted molar refractivity (Wildman–Crippen MR) is 78.2 cm³/mol. The van der Waals surface area contributed by atoms with Gasteiger partial charge >= 0.3 is 0 Å². The van der Waals surface area contributed by atoms with Crippen molar-refractivity contribution in [2.75, 3.05) is 7.11 Å². The third-order valence-electron chi connectivity index (χ3n) is 2.98. The Balaban J connectivity index is 1.93. The van der Waals surface area contributed by atoms with Gasteiger partial charge < -0.3 is 9.15 Å². The van der Waals surface area contributed by atoms with Crippen LogP contribution in [0.5, 0.6) is 5.75 Å². The summed E-state index contributed by atoms with van der Waals surface area (Å²) in [4.78, 5) is 3.99. The van der Waals surface area contributed by atoms with Crippen LogP contribution in [0.2, 0.25) is 0 Å². The van der Waals surface area contributed by atoms with Crippen molar-refractivity contribution in [3.8, 4) is 17.2 Å². The van der Waals surface area contributed by atoms with Crippen molar-refractivity contribution in [3.63, 3.8) is 0 Å². The molecule has 0 aliphatic rings. The fourth-order valence-corrected chi connectivity index (χ4v) is 2.16. The number of alkyl halides is 1. The Morgan fingerprint density at radius 1 is 1.14 bits per heavy atom. The van der Waals surface area contributed by atoms with Crippen molar-refractivity contribution in [1.82, 2.24) is 15.2 Å². The van der Waals surface area contributed by atoms with Gasteiger partial charge in [0, 0.05) is 6.20 Å². The van der Waals surface area contributed by atoms with Gasteiger partial charge in [0.2, 0.25) is 5.89 Å². The molecule has 1 aromatic carbocycles. The largest absolute Gasteiger partial charge is 0.494 e. The fraction of sp³-hybridized carbons (Fsp3) is 0.133. The van der Waals surface area contributed by atoms with Crippen molar-refractivity contribution in [3.05, 3.63) is 60.2 Å². The van der Waals surface area contributed by atoms with E-state index in [0.29, 0.717) is 23.1 Å². The van der Waals surface area contributed by atoms with E-state index in [-0.39, 0.29) is 0 Å². The molecule has 3 rings (SSSR count). The molecule has 1 atom stereocenters. The molecule has 6 heteroatoms. The van der Waals surface area contributed by atoms with Gasteiger partial charge in [-0.3, -0.25) is 4.98 Å². The molecule has 0 amide bonds. The molecule has 5 nitrogen and oxygen atoms in total. The average Bonchev–Trinajstić information content (AvgIpc) is 3.04. The van der Waals surface area contributed by atoms with Gasteiger partial charge in [-0.05, 0) is 11.6 Å². The number of rotatable bonds is 4. The van der Waals surface area contributed by atoms with Gasteiger partial charge in [0.25, 0.3) is 5.89 Å². The molecular formula is C15H12ClN3O2. The number of halogens is 1. The SMILES string of the molecule is COc1cnccc1-c1nnc(C(Cl)c2ccccc2)o1. The molecule has 0 fully saturated rings. The van der Waals surface area contributed by atoms with Gasteiger partial charge in [-0.2, -0.15) is 0 Å². The lowest BCUT2D eigenvalue weighted by Gasteiger charge is -2.05. The van der Waals surface area contributed by atoms with Gasteiger partial charge in [-0.25, -0.2) is 0 Å². The van der Waals surface area contributed by atoms with Crippen LogP contribution in [0.3, 0.4) is 0 Å². The highest BCUT2D eigenvalue weighted by molar-refractivity contribution is 6.22. The summed E-state index contributed by atoms with van der Waals surface area (Å²) >= 11 is 6.37. The summed E-state index contributed by atoms with van der Waals surface area (Å²) in [5, 5.41) is 7.57. The molecule has 21 heavy (non-hydrogen) atoms. The van der Waals surface area contributed by atoms with Crippen LogP contribution in [0.15, 0.2) is 53.2 Å². The maximum atomic E-state index is 6.37. The normalized spacial score (nSPS) is 12.1. The highest BCUT2D eigenvalue weighted by Gasteiger charge is 2.20. The second kappa shape index (κ2) is 5.93. The maximum absolute atomic E-state index is 6.37. The van der Waals surface area contributed by atoms with Crippen LogP contribution in [0.1, 0.15) is 16.8 Å². The first-order chi connectivity index (χ1) is 10.3. The number of hydrogen-bond donors (Lipinski definition) is 0. The third-order valence-corrected chi connectivity index (χ3v) is 3.42. The molecule has 0 bridgehead atoms. The average molecular weight is 302 g/mol. The minimum absolute atomic E-state index is 0.344. The number of methoxy groups -OCH3 is 1. The Bertz CT molecular complexity index is 731. The molecule has 0 aliphatic heterocycles. The summed E-state index contributed by atoms with van der Waals surface area (Å²) in [6.45, 7) is 0. The number of pyridine rings is 1. The van der Waals surface area contributed by atoms with Crippen molar-refractivity contribution in [1.29, 1.82) is 0 Å². The minimum atomic E-state index is -0.486. The summed E-state index contributed by atoms with van der Waals surface area (Å²) in [5.74, 6) is 1.26. The molecule has 0 N–H and O–H groups in total. The molecule has 1 unspecified atom stereocenters. The summed E-state index contributed by atoms with van der Waals surface area (Å²) in [5.41, 5.74) is 1.58. The van der Waals surface area contributed by atoms with Crippen LogP contribution in [-0.2, 0) is 0 Å². The Morgan fingerprint density at radius 2 is 1.95 bits per heavy atom. The second-order valence-corrected chi connectivity index (χ2v) is 4.73. The van der Waals surface area contributed by atoms with Crippen LogP contribution in [0, 0.1) is 0 Å². The number of aromatic nitrogens is 3. The van der Waals surface area contributed by atoms with Crippen LogP contribution in [-0.4, -0.2) is 22.3 Å². The van der Waals surface area contributed by atoms with E-state index >= 15 is 0 Å². The standard InChI is InChI=1S/C15H12ClN3O2/c1-20-12-9-17-8-7-11(12)14-18-19-15(21-14)13(16)10-5-3-2-4-6-10/h2-9,13H,1H3. The Morgan fingerprint density at radius 3 is 2.71 bits per heavy atom. The molecule has 0 aliphatic carbocycles. The van der Waals surface area contributed by atoms with Crippen molar-refractivity contribution < 1.29 is 9.15 Å². The molecule has 0 radical (unpaired) electrons. The van der Waals surface area contributed by atoms with E-state index in [1.54, 1.807) is 25.6 Å². The van der Waals surface area contributed by atoms with Crippen LogP contribution in [0.4, 0.5) is 0 Å². The van der Waals surface area contributed by atoms with Gasteiger partial charge in [0.15, 0.2) is 0 Å². The molecule has 2 heterocycles. The lowest BCUT2D eigenvalue weighted by atomic mass is 10.1. The number of nitrogens with zero attached hydrogens (tertiary/aromatic N) is 3. The van der Waals surface area contributed by atoms with E-state index in [4.69, 9.17) is 20.8 Å². The van der Waals surface area contributed by atoms with Crippen molar-refractivity contribution >= 4 is 11.6 Å². The van der Waals surface area contributed by atoms with Gasteiger partial charge in [0.1, 0.15) is 11.1 Å². The van der Waals surface area contributed by atoms with Crippen molar-refractivity contribution in [2.45, 2.75) is 5.38 Å². The number of hydrogen-bond acceptors (Lipinski definition) is 5. The number of ether oxygens (including phenoxy) is 1. The first-order valence-corrected chi connectivity index (χ1v) is 6.74. The summed E-state index contributed by atoms with van der Waals surface area (Å²) < 4.78 is 10.9. The lowest BCUT2D eigenvalue weighted by molar-refractivity contribution is 0.411. The smallest absolute Gasteiger partial charge is 0.251 e. The van der Waals surface area contributed by atoms with Gasteiger partial charge in [0.05, 0.1) is 18.9 Å². The van der Waals surface area contributed by atoms with Crippen molar-refractivity contribution in [2.24, 2.45) is 0 Å². The van der Waals surface area contributed by atoms with E-state index in [1.807, 2.05) is 30.3 Å². The zero-order chi connectivity index (χ0) is 14.7. The molecular weight excluding hydrogens is 290 g/mol. The predicted octanol–water partition coefficient (Wildman–Crippen LogP) is 3.47. The molecule has 0 saturated heterocycles. The van der Waals surface area contributed by atoms with E-state index < -0.39 is 5.38 Å². The maximum Gasteiger partial charge on any atom is 0.251 e. The Kier molecular flexibility index (Phi) is 3.83. The second-order valence-electron chi connectivity index (χ2n) is 4.29. The van der Waals surface area contributed by atoms with E-state index in [9.17, 15) is 0 Å².